The molecule has 0 heterocycles. The maximum atomic E-state index is 9.71. The maximum Gasteiger partial charge on any atom is 0.191 e. The van der Waals surface area contributed by atoms with E-state index in [9.17, 15) is 5.11 Å². The number of aliphatic imine (C=N–C) groups is 1. The van der Waals surface area contributed by atoms with Gasteiger partial charge in [-0.3, -0.25) is 0 Å². The average Bonchev–Trinajstić information content (AvgIpc) is 2.75. The van der Waals surface area contributed by atoms with Crippen molar-refractivity contribution >= 4 is 29.9 Å². The van der Waals surface area contributed by atoms with Crippen molar-refractivity contribution in [2.45, 2.75) is 64.5 Å². The van der Waals surface area contributed by atoms with Gasteiger partial charge in [0.05, 0.1) is 25.9 Å². The van der Waals surface area contributed by atoms with Gasteiger partial charge in [0.25, 0.3) is 0 Å². The molecule has 3 rings (SSSR count). The highest BCUT2D eigenvalue weighted by atomic mass is 127. The second-order valence-electron chi connectivity index (χ2n) is 7.59. The largest absolute Gasteiger partial charge is 0.393 e. The Kier molecular flexibility index (Phi) is 11.2. The van der Waals surface area contributed by atoms with Gasteiger partial charge >= 0.3 is 0 Å². The van der Waals surface area contributed by atoms with Crippen LogP contribution in [0.5, 0.6) is 0 Å². The van der Waals surface area contributed by atoms with Gasteiger partial charge in [-0.15, -0.1) is 24.0 Å². The first-order valence-corrected chi connectivity index (χ1v) is 10.7. The van der Waals surface area contributed by atoms with Crippen molar-refractivity contribution in [3.63, 3.8) is 0 Å². The molecule has 3 N–H and O–H groups in total. The van der Waals surface area contributed by atoms with Crippen LogP contribution in [-0.2, 0) is 24.5 Å². The smallest absolute Gasteiger partial charge is 0.191 e. The first kappa shape index (κ1) is 24.6. The summed E-state index contributed by atoms with van der Waals surface area (Å²) < 4.78 is 5.93. The zero-order valence-corrected chi connectivity index (χ0v) is 20.0. The van der Waals surface area contributed by atoms with E-state index < -0.39 is 0 Å². The predicted octanol–water partition coefficient (Wildman–Crippen LogP) is 4.38. The fraction of sp³-hybridized carbons (Fsp3) is 0.458. The number of rotatable bonds is 8. The second-order valence-corrected chi connectivity index (χ2v) is 7.59. The number of guanidine groups is 1. The Labute approximate surface area is 197 Å². The number of hydrogen-bond donors (Lipinski definition) is 3. The lowest BCUT2D eigenvalue weighted by Gasteiger charge is -2.27. The molecule has 0 aliphatic heterocycles. The van der Waals surface area contributed by atoms with E-state index in [1.54, 1.807) is 0 Å². The molecule has 2 aromatic carbocycles. The third kappa shape index (κ3) is 8.24. The zero-order valence-electron chi connectivity index (χ0n) is 17.7. The first-order valence-electron chi connectivity index (χ1n) is 10.7. The highest BCUT2D eigenvalue weighted by Gasteiger charge is 2.20. The van der Waals surface area contributed by atoms with E-state index in [4.69, 9.17) is 9.73 Å². The lowest BCUT2D eigenvalue weighted by Crippen LogP contribution is -2.45. The minimum absolute atomic E-state index is 0. The first-order chi connectivity index (χ1) is 14.2. The standard InChI is InChI=1S/C24H33N3O2.HI/c1-2-25-24(27-22-12-14-23(28)15-13-22)26-16-20-10-6-7-11-21(20)18-29-17-19-8-4-3-5-9-19;/h3-11,22-23,28H,2,12-18H2,1H3,(H2,25,26,27);1H. The molecule has 0 atom stereocenters. The summed E-state index contributed by atoms with van der Waals surface area (Å²) >= 11 is 0. The Balaban J connectivity index is 0.00000320. The molecule has 2 aromatic rings. The van der Waals surface area contributed by atoms with Gasteiger partial charge in [-0.25, -0.2) is 4.99 Å². The molecule has 164 valence electrons. The lowest BCUT2D eigenvalue weighted by atomic mass is 9.93. The van der Waals surface area contributed by atoms with E-state index in [1.807, 2.05) is 24.3 Å². The number of halogens is 1. The van der Waals surface area contributed by atoms with Crippen molar-refractivity contribution in [3.8, 4) is 0 Å². The molecule has 30 heavy (non-hydrogen) atoms. The van der Waals surface area contributed by atoms with Gasteiger partial charge in [-0.2, -0.15) is 0 Å². The summed E-state index contributed by atoms with van der Waals surface area (Å²) in [5, 5.41) is 16.6. The fourth-order valence-electron chi connectivity index (χ4n) is 3.60. The van der Waals surface area contributed by atoms with Crippen molar-refractivity contribution in [3.05, 3.63) is 71.3 Å². The molecule has 1 saturated carbocycles. The Hall–Kier alpha value is -1.64. The lowest BCUT2D eigenvalue weighted by molar-refractivity contribution is 0.106. The molecule has 0 amide bonds. The fourth-order valence-corrected chi connectivity index (χ4v) is 3.60. The van der Waals surface area contributed by atoms with Gasteiger partial charge in [0.1, 0.15) is 0 Å². The molecule has 0 bridgehead atoms. The summed E-state index contributed by atoms with van der Waals surface area (Å²) in [4.78, 5) is 4.80. The van der Waals surface area contributed by atoms with Crippen molar-refractivity contribution in [1.82, 2.24) is 10.6 Å². The molecule has 1 fully saturated rings. The molecule has 5 nitrogen and oxygen atoms in total. The number of benzene rings is 2. The van der Waals surface area contributed by atoms with E-state index in [0.29, 0.717) is 25.8 Å². The number of nitrogens with zero attached hydrogens (tertiary/aromatic N) is 1. The molecule has 0 spiro atoms. The Morgan fingerprint density at radius 1 is 0.967 bits per heavy atom. The molecule has 1 aliphatic carbocycles. The molecule has 0 unspecified atom stereocenters. The quantitative estimate of drug-likeness (QED) is 0.273. The van der Waals surface area contributed by atoms with Crippen LogP contribution in [-0.4, -0.2) is 29.8 Å². The summed E-state index contributed by atoms with van der Waals surface area (Å²) in [6.45, 7) is 4.69. The number of hydrogen-bond acceptors (Lipinski definition) is 3. The van der Waals surface area contributed by atoms with Crippen LogP contribution in [0.25, 0.3) is 0 Å². The Morgan fingerprint density at radius 3 is 2.33 bits per heavy atom. The van der Waals surface area contributed by atoms with Crippen LogP contribution in [0.2, 0.25) is 0 Å². The van der Waals surface area contributed by atoms with Crippen LogP contribution in [0, 0.1) is 0 Å². The van der Waals surface area contributed by atoms with Gasteiger partial charge < -0.3 is 20.5 Å². The Morgan fingerprint density at radius 2 is 1.63 bits per heavy atom. The minimum atomic E-state index is -0.143. The maximum absolute atomic E-state index is 9.71. The normalized spacial score (nSPS) is 19.1. The van der Waals surface area contributed by atoms with Crippen LogP contribution >= 0.6 is 24.0 Å². The van der Waals surface area contributed by atoms with Crippen molar-refractivity contribution < 1.29 is 9.84 Å². The number of ether oxygens (including phenoxy) is 1. The van der Waals surface area contributed by atoms with Gasteiger partial charge in [0, 0.05) is 12.6 Å². The summed E-state index contributed by atoms with van der Waals surface area (Å²) in [5.74, 6) is 0.842. The molecule has 6 heteroatoms. The summed E-state index contributed by atoms with van der Waals surface area (Å²) in [5.41, 5.74) is 3.53. The van der Waals surface area contributed by atoms with E-state index in [-0.39, 0.29) is 30.1 Å². The van der Waals surface area contributed by atoms with E-state index >= 15 is 0 Å². The average molecular weight is 523 g/mol. The van der Waals surface area contributed by atoms with Crippen LogP contribution in [0.1, 0.15) is 49.3 Å². The highest BCUT2D eigenvalue weighted by molar-refractivity contribution is 14.0. The molecule has 0 aromatic heterocycles. The summed E-state index contributed by atoms with van der Waals surface area (Å²) in [7, 11) is 0. The monoisotopic (exact) mass is 523 g/mol. The van der Waals surface area contributed by atoms with Crippen LogP contribution < -0.4 is 10.6 Å². The molecular weight excluding hydrogens is 489 g/mol. The van der Waals surface area contributed by atoms with Gasteiger partial charge in [0.2, 0.25) is 0 Å². The topological polar surface area (TPSA) is 65.9 Å². The van der Waals surface area contributed by atoms with E-state index in [2.05, 4.69) is 47.9 Å². The highest BCUT2D eigenvalue weighted by Crippen LogP contribution is 2.18. The zero-order chi connectivity index (χ0) is 20.3. The number of aliphatic hydroxyl groups excluding tert-OH is 1. The summed E-state index contributed by atoms with van der Waals surface area (Å²) in [6, 6.07) is 18.9. The number of aliphatic hydroxyl groups is 1. The van der Waals surface area contributed by atoms with Crippen LogP contribution in [0.3, 0.4) is 0 Å². The van der Waals surface area contributed by atoms with Gasteiger partial charge in [0.15, 0.2) is 5.96 Å². The summed E-state index contributed by atoms with van der Waals surface area (Å²) in [6.07, 6.45) is 3.54. The molecule has 1 aliphatic rings. The van der Waals surface area contributed by atoms with Crippen molar-refractivity contribution in [1.29, 1.82) is 0 Å². The van der Waals surface area contributed by atoms with E-state index in [1.165, 1.54) is 16.7 Å². The van der Waals surface area contributed by atoms with Crippen molar-refractivity contribution in [2.24, 2.45) is 4.99 Å². The molecule has 0 radical (unpaired) electrons. The number of nitrogens with one attached hydrogen (secondary N) is 2. The SMILES string of the molecule is CCNC(=NCc1ccccc1COCc1ccccc1)NC1CCC(O)CC1.I. The minimum Gasteiger partial charge on any atom is -0.393 e. The Bertz CT molecular complexity index is 762. The van der Waals surface area contributed by atoms with Crippen LogP contribution in [0.4, 0.5) is 0 Å². The molecule has 0 saturated heterocycles. The van der Waals surface area contributed by atoms with Gasteiger partial charge in [-0.1, -0.05) is 54.6 Å². The molecular formula is C24H34IN3O2. The third-order valence-corrected chi connectivity index (χ3v) is 5.28. The van der Waals surface area contributed by atoms with Crippen LogP contribution in [0.15, 0.2) is 59.6 Å². The van der Waals surface area contributed by atoms with E-state index in [0.717, 1.165) is 38.2 Å². The third-order valence-electron chi connectivity index (χ3n) is 5.28. The van der Waals surface area contributed by atoms with Crippen molar-refractivity contribution in [2.75, 3.05) is 6.54 Å². The predicted molar refractivity (Wildman–Crippen MR) is 133 cm³/mol. The second kappa shape index (κ2) is 13.6. The van der Waals surface area contributed by atoms with Gasteiger partial charge in [-0.05, 0) is 49.3 Å².